The maximum Gasteiger partial charge on any atom is 0.453 e. The minimum Gasteiger partial charge on any atom is -0.309 e. The van der Waals surface area contributed by atoms with E-state index < -0.39 is 18.1 Å². The Labute approximate surface area is 110 Å². The fourth-order valence-corrected chi connectivity index (χ4v) is 1.63. The topological polar surface area (TPSA) is 55.1 Å². The zero-order valence-corrected chi connectivity index (χ0v) is 10.4. The summed E-state index contributed by atoms with van der Waals surface area (Å²) in [6.45, 7) is 0.288. The van der Waals surface area contributed by atoms with E-state index >= 15 is 0 Å². The first-order valence-corrected chi connectivity index (χ1v) is 6.05. The van der Waals surface area contributed by atoms with Gasteiger partial charge in [0, 0.05) is 0 Å². The zero-order valence-electron chi connectivity index (χ0n) is 10.4. The van der Waals surface area contributed by atoms with Crippen LogP contribution in [-0.4, -0.2) is 24.7 Å². The van der Waals surface area contributed by atoms with Gasteiger partial charge in [0.05, 0.1) is 0 Å². The van der Waals surface area contributed by atoms with Crippen LogP contribution in [0, 0.1) is 0 Å². The standard InChI is InChI=1S/C13H17F3N2O/c14-13(15,16)11(19)12(17)18-9-5-4-8-10-6-2-1-3-7-10/h1-3,6-7,12,18H,4-5,8-9,17H2/t12-/m0/s1. The Morgan fingerprint density at radius 3 is 2.42 bits per heavy atom. The predicted molar refractivity (Wildman–Crippen MR) is 66.4 cm³/mol. The van der Waals surface area contributed by atoms with E-state index in [0.29, 0.717) is 6.42 Å². The normalized spacial score (nSPS) is 13.3. The lowest BCUT2D eigenvalue weighted by atomic mass is 10.1. The number of halogens is 3. The van der Waals surface area contributed by atoms with E-state index in [9.17, 15) is 18.0 Å². The van der Waals surface area contributed by atoms with Crippen molar-refractivity contribution < 1.29 is 18.0 Å². The minimum absolute atomic E-state index is 0.288. The van der Waals surface area contributed by atoms with Crippen LogP contribution in [0.15, 0.2) is 30.3 Å². The lowest BCUT2D eigenvalue weighted by Gasteiger charge is -2.14. The Kier molecular flexibility index (Phi) is 5.98. The number of nitrogens with one attached hydrogen (secondary N) is 1. The van der Waals surface area contributed by atoms with E-state index in [1.54, 1.807) is 0 Å². The van der Waals surface area contributed by atoms with Gasteiger partial charge in [0.1, 0.15) is 6.17 Å². The van der Waals surface area contributed by atoms with Crippen molar-refractivity contribution in [3.8, 4) is 0 Å². The fourth-order valence-electron chi connectivity index (χ4n) is 1.63. The molecule has 6 heteroatoms. The van der Waals surface area contributed by atoms with Crippen molar-refractivity contribution in [3.05, 3.63) is 35.9 Å². The molecular formula is C13H17F3N2O. The molecule has 0 saturated carbocycles. The molecule has 0 aliphatic carbocycles. The van der Waals surface area contributed by atoms with E-state index in [2.05, 4.69) is 5.32 Å². The Morgan fingerprint density at radius 2 is 1.84 bits per heavy atom. The maximum atomic E-state index is 12.0. The van der Waals surface area contributed by atoms with E-state index in [1.807, 2.05) is 30.3 Å². The average Bonchev–Trinajstić information content (AvgIpc) is 2.37. The Morgan fingerprint density at radius 1 is 1.21 bits per heavy atom. The van der Waals surface area contributed by atoms with Gasteiger partial charge in [-0.3, -0.25) is 10.1 Å². The number of unbranched alkanes of at least 4 members (excludes halogenated alkanes) is 1. The van der Waals surface area contributed by atoms with Crippen molar-refractivity contribution in [2.24, 2.45) is 5.73 Å². The molecule has 106 valence electrons. The van der Waals surface area contributed by atoms with Crippen LogP contribution in [0.4, 0.5) is 13.2 Å². The SMILES string of the molecule is N[C@@H](NCCCCc1ccccc1)C(=O)C(F)(F)F. The molecule has 0 radical (unpaired) electrons. The van der Waals surface area contributed by atoms with Crippen molar-refractivity contribution in [3.63, 3.8) is 0 Å². The van der Waals surface area contributed by atoms with Gasteiger partial charge in [-0.1, -0.05) is 30.3 Å². The summed E-state index contributed by atoms with van der Waals surface area (Å²) >= 11 is 0. The second-order valence-electron chi connectivity index (χ2n) is 4.24. The number of rotatable bonds is 7. The number of alkyl halides is 3. The molecule has 3 N–H and O–H groups in total. The highest BCUT2D eigenvalue weighted by Gasteiger charge is 2.41. The molecule has 0 aromatic heterocycles. The van der Waals surface area contributed by atoms with Crippen molar-refractivity contribution in [1.82, 2.24) is 5.32 Å². The summed E-state index contributed by atoms with van der Waals surface area (Å²) in [6.07, 6.45) is -4.21. The van der Waals surface area contributed by atoms with Gasteiger partial charge in [-0.25, -0.2) is 0 Å². The first-order valence-electron chi connectivity index (χ1n) is 6.05. The molecule has 0 heterocycles. The lowest BCUT2D eigenvalue weighted by molar-refractivity contribution is -0.173. The third-order valence-corrected chi connectivity index (χ3v) is 2.66. The number of hydrogen-bond acceptors (Lipinski definition) is 3. The predicted octanol–water partition coefficient (Wildman–Crippen LogP) is 2.02. The highest BCUT2D eigenvalue weighted by atomic mass is 19.4. The number of carbonyl (C=O) groups is 1. The molecule has 0 aliphatic rings. The van der Waals surface area contributed by atoms with Crippen LogP contribution >= 0.6 is 0 Å². The zero-order chi connectivity index (χ0) is 14.3. The largest absolute Gasteiger partial charge is 0.453 e. The van der Waals surface area contributed by atoms with Gasteiger partial charge in [-0.2, -0.15) is 13.2 Å². The summed E-state index contributed by atoms with van der Waals surface area (Å²) < 4.78 is 36.1. The summed E-state index contributed by atoms with van der Waals surface area (Å²) in [7, 11) is 0. The molecule has 0 spiro atoms. The molecule has 3 nitrogen and oxygen atoms in total. The Hall–Kier alpha value is -1.40. The van der Waals surface area contributed by atoms with E-state index in [-0.39, 0.29) is 6.54 Å². The number of carbonyl (C=O) groups excluding carboxylic acids is 1. The molecule has 0 fully saturated rings. The number of nitrogens with two attached hydrogens (primary N) is 1. The first kappa shape index (κ1) is 15.7. The molecule has 1 aromatic carbocycles. The van der Waals surface area contributed by atoms with Gasteiger partial charge in [0.25, 0.3) is 5.78 Å². The smallest absolute Gasteiger partial charge is 0.309 e. The van der Waals surface area contributed by atoms with Crippen LogP contribution in [0.2, 0.25) is 0 Å². The molecule has 0 bridgehead atoms. The summed E-state index contributed by atoms with van der Waals surface area (Å²) in [5, 5.41) is 2.38. The van der Waals surface area contributed by atoms with Crippen molar-refractivity contribution in [2.75, 3.05) is 6.54 Å². The third-order valence-electron chi connectivity index (χ3n) is 2.66. The highest BCUT2D eigenvalue weighted by molar-refractivity contribution is 5.88. The second kappa shape index (κ2) is 7.25. The first-order chi connectivity index (χ1) is 8.91. The molecule has 0 aliphatic heterocycles. The molecule has 0 saturated heterocycles. The third kappa shape index (κ3) is 5.85. The highest BCUT2D eigenvalue weighted by Crippen LogP contribution is 2.16. The molecule has 1 rings (SSSR count). The molecule has 0 unspecified atom stereocenters. The summed E-state index contributed by atoms with van der Waals surface area (Å²) in [4.78, 5) is 10.7. The number of Topliss-reactive ketones (excluding diaryl/α,β-unsaturated/α-hetero) is 1. The van der Waals surface area contributed by atoms with Crippen LogP contribution in [-0.2, 0) is 11.2 Å². The monoisotopic (exact) mass is 274 g/mol. The second-order valence-corrected chi connectivity index (χ2v) is 4.24. The van der Waals surface area contributed by atoms with E-state index in [0.717, 1.165) is 12.8 Å². The Balaban J connectivity index is 2.16. The van der Waals surface area contributed by atoms with Crippen LogP contribution in [0.3, 0.4) is 0 Å². The molecule has 19 heavy (non-hydrogen) atoms. The quantitative estimate of drug-likeness (QED) is 0.591. The van der Waals surface area contributed by atoms with Crippen molar-refractivity contribution >= 4 is 5.78 Å². The molecule has 0 amide bonds. The van der Waals surface area contributed by atoms with Gasteiger partial charge in [0.15, 0.2) is 0 Å². The summed E-state index contributed by atoms with van der Waals surface area (Å²) in [5.74, 6) is -1.93. The molecule has 1 aromatic rings. The lowest BCUT2D eigenvalue weighted by Crippen LogP contribution is -2.50. The number of ketones is 1. The van der Waals surface area contributed by atoms with Crippen molar-refractivity contribution in [2.45, 2.75) is 31.6 Å². The Bertz CT molecular complexity index is 393. The molecular weight excluding hydrogens is 257 g/mol. The number of hydrogen-bond donors (Lipinski definition) is 2. The summed E-state index contributed by atoms with van der Waals surface area (Å²) in [5.41, 5.74) is 6.29. The van der Waals surface area contributed by atoms with E-state index in [1.165, 1.54) is 5.56 Å². The van der Waals surface area contributed by atoms with Crippen LogP contribution in [0.1, 0.15) is 18.4 Å². The van der Waals surface area contributed by atoms with Gasteiger partial charge in [-0.05, 0) is 31.4 Å². The van der Waals surface area contributed by atoms with Crippen LogP contribution in [0.25, 0.3) is 0 Å². The number of aryl methyl sites for hydroxylation is 1. The fraction of sp³-hybridized carbons (Fsp3) is 0.462. The maximum absolute atomic E-state index is 12.0. The minimum atomic E-state index is -4.88. The van der Waals surface area contributed by atoms with Gasteiger partial charge >= 0.3 is 6.18 Å². The van der Waals surface area contributed by atoms with E-state index in [4.69, 9.17) is 5.73 Å². The molecule has 1 atom stereocenters. The van der Waals surface area contributed by atoms with Gasteiger partial charge < -0.3 is 5.73 Å². The van der Waals surface area contributed by atoms with Gasteiger partial charge in [0.2, 0.25) is 0 Å². The summed E-state index contributed by atoms with van der Waals surface area (Å²) in [6, 6.07) is 9.78. The number of benzene rings is 1. The van der Waals surface area contributed by atoms with Gasteiger partial charge in [-0.15, -0.1) is 0 Å². The van der Waals surface area contributed by atoms with Crippen LogP contribution in [0.5, 0.6) is 0 Å². The average molecular weight is 274 g/mol. The van der Waals surface area contributed by atoms with Crippen LogP contribution < -0.4 is 11.1 Å². The van der Waals surface area contributed by atoms with Crippen molar-refractivity contribution in [1.29, 1.82) is 0 Å².